The van der Waals surface area contributed by atoms with Crippen LogP contribution in [0.15, 0.2) is 46.8 Å². The molecule has 8 nitrogen and oxygen atoms in total. The summed E-state index contributed by atoms with van der Waals surface area (Å²) < 4.78 is 10.6. The molecule has 2 aliphatic rings. The molecule has 28 heavy (non-hydrogen) atoms. The SMILES string of the molecule is CCCOC(=O)C1=C(CCC)NC2=C(C(=O)OC2)C1c1ccc([N+](=O)[O-])cc1. The highest BCUT2D eigenvalue weighted by atomic mass is 16.6. The average molecular weight is 386 g/mol. The van der Waals surface area contributed by atoms with Gasteiger partial charge in [0.1, 0.15) is 6.61 Å². The Hall–Kier alpha value is -3.16. The summed E-state index contributed by atoms with van der Waals surface area (Å²) in [5.74, 6) is -1.67. The van der Waals surface area contributed by atoms with E-state index >= 15 is 0 Å². The van der Waals surface area contributed by atoms with Crippen molar-refractivity contribution in [2.45, 2.75) is 39.0 Å². The number of nitro groups is 1. The van der Waals surface area contributed by atoms with E-state index in [4.69, 9.17) is 9.47 Å². The van der Waals surface area contributed by atoms with Gasteiger partial charge in [-0.3, -0.25) is 10.1 Å². The summed E-state index contributed by atoms with van der Waals surface area (Å²) in [6.07, 6.45) is 2.07. The molecule has 3 rings (SSSR count). The Kier molecular flexibility index (Phi) is 5.77. The maximum absolute atomic E-state index is 12.9. The van der Waals surface area contributed by atoms with Crippen molar-refractivity contribution < 1.29 is 24.0 Å². The first-order valence-electron chi connectivity index (χ1n) is 9.29. The highest BCUT2D eigenvalue weighted by Gasteiger charge is 2.42. The molecule has 0 saturated carbocycles. The lowest BCUT2D eigenvalue weighted by molar-refractivity contribution is -0.384. The number of dihydropyridines is 1. The second-order valence-electron chi connectivity index (χ2n) is 6.65. The van der Waals surface area contributed by atoms with Crippen molar-refractivity contribution in [1.29, 1.82) is 0 Å². The second-order valence-corrected chi connectivity index (χ2v) is 6.65. The average Bonchev–Trinajstić information content (AvgIpc) is 3.06. The largest absolute Gasteiger partial charge is 0.462 e. The minimum absolute atomic E-state index is 0.0613. The zero-order valence-electron chi connectivity index (χ0n) is 15.8. The molecule has 2 heterocycles. The number of esters is 2. The summed E-state index contributed by atoms with van der Waals surface area (Å²) in [5.41, 5.74) is 2.59. The summed E-state index contributed by atoms with van der Waals surface area (Å²) in [7, 11) is 0. The zero-order chi connectivity index (χ0) is 20.3. The molecule has 0 spiro atoms. The van der Waals surface area contributed by atoms with Crippen LogP contribution in [0.3, 0.4) is 0 Å². The van der Waals surface area contributed by atoms with E-state index < -0.39 is 22.8 Å². The predicted molar refractivity (Wildman–Crippen MR) is 100 cm³/mol. The van der Waals surface area contributed by atoms with E-state index in [0.717, 1.165) is 6.42 Å². The van der Waals surface area contributed by atoms with Gasteiger partial charge in [0.25, 0.3) is 5.69 Å². The molecular weight excluding hydrogens is 364 g/mol. The number of nitrogens with zero attached hydrogens (tertiary/aromatic N) is 1. The molecule has 148 valence electrons. The number of hydrogen-bond donors (Lipinski definition) is 1. The van der Waals surface area contributed by atoms with Crippen LogP contribution in [0.2, 0.25) is 0 Å². The van der Waals surface area contributed by atoms with E-state index in [1.54, 1.807) is 12.1 Å². The number of carbonyl (C=O) groups excluding carboxylic acids is 2. The van der Waals surface area contributed by atoms with Crippen LogP contribution in [0, 0.1) is 10.1 Å². The number of hydrogen-bond acceptors (Lipinski definition) is 7. The molecule has 0 fully saturated rings. The summed E-state index contributed by atoms with van der Waals surface area (Å²) in [5, 5.41) is 14.2. The highest BCUT2D eigenvalue weighted by molar-refractivity contribution is 6.01. The van der Waals surface area contributed by atoms with Crippen LogP contribution < -0.4 is 5.32 Å². The Morgan fingerprint density at radius 1 is 1.29 bits per heavy atom. The summed E-state index contributed by atoms with van der Waals surface area (Å²) in [6.45, 7) is 4.27. The first kappa shape index (κ1) is 19.6. The predicted octanol–water partition coefficient (Wildman–Crippen LogP) is 3.10. The Bertz CT molecular complexity index is 869. The Balaban J connectivity index is 2.11. The van der Waals surface area contributed by atoms with Gasteiger partial charge in [0.2, 0.25) is 0 Å². The number of ether oxygens (including phenoxy) is 2. The van der Waals surface area contributed by atoms with Crippen LogP contribution >= 0.6 is 0 Å². The van der Waals surface area contributed by atoms with E-state index in [-0.39, 0.29) is 18.9 Å². The van der Waals surface area contributed by atoms with Crippen LogP contribution in [0.1, 0.15) is 44.6 Å². The number of allylic oxidation sites excluding steroid dienone is 1. The third kappa shape index (κ3) is 3.62. The lowest BCUT2D eigenvalue weighted by Gasteiger charge is -2.29. The molecule has 0 aliphatic carbocycles. The van der Waals surface area contributed by atoms with Crippen LogP contribution in [0.5, 0.6) is 0 Å². The number of nitro benzene ring substituents is 1. The topological polar surface area (TPSA) is 108 Å². The van der Waals surface area contributed by atoms with Crippen molar-refractivity contribution in [3.05, 3.63) is 62.5 Å². The molecule has 1 N–H and O–H groups in total. The van der Waals surface area contributed by atoms with Crippen molar-refractivity contribution in [3.8, 4) is 0 Å². The minimum atomic E-state index is -0.682. The highest BCUT2D eigenvalue weighted by Crippen LogP contribution is 2.42. The van der Waals surface area contributed by atoms with Crippen molar-refractivity contribution in [2.75, 3.05) is 13.2 Å². The third-order valence-corrected chi connectivity index (χ3v) is 4.69. The van der Waals surface area contributed by atoms with Crippen LogP contribution in [0.25, 0.3) is 0 Å². The molecule has 0 aromatic heterocycles. The van der Waals surface area contributed by atoms with Crippen molar-refractivity contribution in [3.63, 3.8) is 0 Å². The monoisotopic (exact) mass is 386 g/mol. The molecule has 1 unspecified atom stereocenters. The zero-order valence-corrected chi connectivity index (χ0v) is 15.8. The first-order chi connectivity index (χ1) is 13.5. The normalized spacial score (nSPS) is 18.5. The van der Waals surface area contributed by atoms with Gasteiger partial charge in [0, 0.05) is 17.8 Å². The van der Waals surface area contributed by atoms with E-state index in [9.17, 15) is 19.7 Å². The summed E-state index contributed by atoms with van der Waals surface area (Å²) in [4.78, 5) is 35.8. The Morgan fingerprint density at radius 3 is 2.61 bits per heavy atom. The molecule has 0 saturated heterocycles. The lowest BCUT2D eigenvalue weighted by atomic mass is 9.80. The molecule has 1 aromatic carbocycles. The van der Waals surface area contributed by atoms with Crippen molar-refractivity contribution in [1.82, 2.24) is 5.32 Å². The fourth-order valence-electron chi connectivity index (χ4n) is 3.46. The van der Waals surface area contributed by atoms with Gasteiger partial charge in [-0.05, 0) is 18.4 Å². The van der Waals surface area contributed by atoms with Gasteiger partial charge < -0.3 is 14.8 Å². The summed E-state index contributed by atoms with van der Waals surface area (Å²) >= 11 is 0. The van der Waals surface area contributed by atoms with E-state index in [1.165, 1.54) is 12.1 Å². The van der Waals surface area contributed by atoms with Gasteiger partial charge in [-0.15, -0.1) is 0 Å². The van der Waals surface area contributed by atoms with E-state index in [2.05, 4.69) is 5.32 Å². The van der Waals surface area contributed by atoms with Crippen molar-refractivity contribution >= 4 is 17.6 Å². The van der Waals surface area contributed by atoms with Gasteiger partial charge in [-0.25, -0.2) is 9.59 Å². The quantitative estimate of drug-likeness (QED) is 0.436. The van der Waals surface area contributed by atoms with Crippen LogP contribution in [-0.2, 0) is 19.1 Å². The fourth-order valence-corrected chi connectivity index (χ4v) is 3.46. The molecule has 0 radical (unpaired) electrons. The number of non-ortho nitro benzene ring substituents is 1. The van der Waals surface area contributed by atoms with Gasteiger partial charge in [-0.2, -0.15) is 0 Å². The van der Waals surface area contributed by atoms with Gasteiger partial charge in [0.05, 0.1) is 34.3 Å². The number of carbonyl (C=O) groups is 2. The number of benzene rings is 1. The number of nitrogens with one attached hydrogen (secondary N) is 1. The van der Waals surface area contributed by atoms with E-state index in [0.29, 0.717) is 40.9 Å². The smallest absolute Gasteiger partial charge is 0.337 e. The molecule has 2 aliphatic heterocycles. The molecule has 0 bridgehead atoms. The summed E-state index contributed by atoms with van der Waals surface area (Å²) in [6, 6.07) is 5.88. The van der Waals surface area contributed by atoms with E-state index in [1.807, 2.05) is 13.8 Å². The Morgan fingerprint density at radius 2 is 2.00 bits per heavy atom. The van der Waals surface area contributed by atoms with Crippen LogP contribution in [-0.4, -0.2) is 30.1 Å². The fraction of sp³-hybridized carbons (Fsp3) is 0.400. The van der Waals surface area contributed by atoms with Gasteiger partial charge in [0.15, 0.2) is 0 Å². The maximum Gasteiger partial charge on any atom is 0.337 e. The third-order valence-electron chi connectivity index (χ3n) is 4.69. The molecule has 0 amide bonds. The standard InChI is InChI=1S/C20H22N2O6/c1-3-5-14-17(19(23)27-10-4-2)16(18-15(21-14)11-28-20(18)24)12-6-8-13(9-7-12)22(25)26/h6-9,16,21H,3-5,10-11H2,1-2H3. The molecule has 1 atom stereocenters. The number of rotatable bonds is 7. The molecular formula is C20H22N2O6. The minimum Gasteiger partial charge on any atom is -0.462 e. The van der Waals surface area contributed by atoms with Gasteiger partial charge in [-0.1, -0.05) is 32.4 Å². The Labute approximate surface area is 162 Å². The molecule has 8 heteroatoms. The molecule has 1 aromatic rings. The number of cyclic esters (lactones) is 1. The van der Waals surface area contributed by atoms with Crippen molar-refractivity contribution in [2.24, 2.45) is 0 Å². The maximum atomic E-state index is 12.9. The lowest BCUT2D eigenvalue weighted by Crippen LogP contribution is -2.31. The second kappa shape index (κ2) is 8.24. The van der Waals surface area contributed by atoms with Gasteiger partial charge >= 0.3 is 11.9 Å². The van der Waals surface area contributed by atoms with Crippen LogP contribution in [0.4, 0.5) is 5.69 Å². The first-order valence-corrected chi connectivity index (χ1v) is 9.29.